The summed E-state index contributed by atoms with van der Waals surface area (Å²) in [4.78, 5) is 19.4. The zero-order valence-electron chi connectivity index (χ0n) is 19.1. The Balaban J connectivity index is 1.52. The van der Waals surface area contributed by atoms with E-state index in [4.69, 9.17) is 30.5 Å². The first kappa shape index (κ1) is 24.0. The van der Waals surface area contributed by atoms with Gasteiger partial charge in [-0.25, -0.2) is 9.79 Å². The fraction of sp³-hybridized carbons (Fsp3) is 0.280. The summed E-state index contributed by atoms with van der Waals surface area (Å²) in [7, 11) is 1.59. The van der Waals surface area contributed by atoms with Gasteiger partial charge < -0.3 is 23.8 Å². The molecule has 0 bridgehead atoms. The van der Waals surface area contributed by atoms with Gasteiger partial charge in [-0.2, -0.15) is 0 Å². The number of ether oxygens (including phenoxy) is 4. The number of allylic oxidation sites excluding steroid dienone is 1. The van der Waals surface area contributed by atoms with Crippen molar-refractivity contribution in [2.24, 2.45) is 4.99 Å². The second-order valence-electron chi connectivity index (χ2n) is 7.39. The second kappa shape index (κ2) is 10.9. The molecule has 34 heavy (non-hydrogen) atoms. The van der Waals surface area contributed by atoms with Crippen LogP contribution in [0, 0.1) is 0 Å². The van der Waals surface area contributed by atoms with Gasteiger partial charge in [0, 0.05) is 11.2 Å². The van der Waals surface area contributed by atoms with E-state index in [2.05, 4.69) is 4.99 Å². The van der Waals surface area contributed by atoms with Crippen LogP contribution in [-0.2, 0) is 9.53 Å². The average Bonchev–Trinajstić information content (AvgIpc) is 3.30. The Labute approximate surface area is 208 Å². The van der Waals surface area contributed by atoms with Gasteiger partial charge in [0.2, 0.25) is 0 Å². The van der Waals surface area contributed by atoms with Crippen LogP contribution in [-0.4, -0.2) is 43.0 Å². The Morgan fingerprint density at radius 3 is 2.62 bits per heavy atom. The molecule has 9 heteroatoms. The van der Waals surface area contributed by atoms with Crippen molar-refractivity contribution in [3.05, 3.63) is 75.9 Å². The van der Waals surface area contributed by atoms with Crippen molar-refractivity contribution >= 4 is 34.5 Å². The van der Waals surface area contributed by atoms with Crippen molar-refractivity contribution in [3.8, 4) is 17.2 Å². The molecule has 0 fully saturated rings. The summed E-state index contributed by atoms with van der Waals surface area (Å²) in [5, 5.41) is 3.42. The lowest BCUT2D eigenvalue weighted by Crippen LogP contribution is -2.34. The number of rotatable bonds is 9. The number of aliphatic imine (C=N–C) groups is 1. The predicted octanol–water partition coefficient (Wildman–Crippen LogP) is 5.57. The molecule has 1 atom stereocenters. The first-order valence-corrected chi connectivity index (χ1v) is 12.0. The van der Waals surface area contributed by atoms with Gasteiger partial charge in [0.05, 0.1) is 31.0 Å². The molecule has 0 N–H and O–H groups in total. The van der Waals surface area contributed by atoms with E-state index >= 15 is 0 Å². The van der Waals surface area contributed by atoms with Crippen molar-refractivity contribution in [1.29, 1.82) is 0 Å². The van der Waals surface area contributed by atoms with Crippen LogP contribution in [0.3, 0.4) is 0 Å². The smallest absolute Gasteiger partial charge is 0.338 e. The molecule has 0 spiro atoms. The zero-order chi connectivity index (χ0) is 24.1. The van der Waals surface area contributed by atoms with Crippen LogP contribution in [0.2, 0.25) is 5.02 Å². The Bertz CT molecular complexity index is 1150. The number of fused-ring (bicyclic) bond motifs is 1. The summed E-state index contributed by atoms with van der Waals surface area (Å²) in [6, 6.07) is 12.4. The summed E-state index contributed by atoms with van der Waals surface area (Å²) < 4.78 is 22.5. The van der Waals surface area contributed by atoms with Crippen LogP contribution in [0.1, 0.15) is 25.5 Å². The van der Waals surface area contributed by atoms with Crippen molar-refractivity contribution < 1.29 is 23.7 Å². The van der Waals surface area contributed by atoms with Gasteiger partial charge >= 0.3 is 5.97 Å². The normalized spacial score (nSPS) is 16.8. The molecule has 0 radical (unpaired) electrons. The molecule has 0 aliphatic carbocycles. The molecule has 0 unspecified atom stereocenters. The molecule has 0 amide bonds. The lowest BCUT2D eigenvalue weighted by molar-refractivity contribution is -0.139. The minimum absolute atomic E-state index is 0.289. The number of thioether (sulfide) groups is 1. The summed E-state index contributed by atoms with van der Waals surface area (Å²) in [6.45, 7) is 4.60. The Morgan fingerprint density at radius 2 is 1.88 bits per heavy atom. The number of amidine groups is 1. The molecular weight excluding hydrogens is 476 g/mol. The van der Waals surface area contributed by atoms with Gasteiger partial charge in [-0.3, -0.25) is 0 Å². The van der Waals surface area contributed by atoms with E-state index < -0.39 is 0 Å². The van der Waals surface area contributed by atoms with Crippen molar-refractivity contribution in [3.63, 3.8) is 0 Å². The molecule has 178 valence electrons. The molecule has 0 saturated heterocycles. The van der Waals surface area contributed by atoms with Crippen LogP contribution in [0.5, 0.6) is 17.2 Å². The van der Waals surface area contributed by atoms with Crippen LogP contribution in [0.15, 0.2) is 70.3 Å². The fourth-order valence-electron chi connectivity index (χ4n) is 3.71. The van der Waals surface area contributed by atoms with Crippen molar-refractivity contribution in [2.75, 3.05) is 26.9 Å². The standard InChI is InChI=1S/C25H25ClN2O5S/c1-4-31-24(29)22-16(2)27-25-28(11-14-34-25)23(22)17-5-10-20(21(15-17)30-3)33-13-12-32-19-8-6-18(26)7-9-19/h5-11,14-15,23H,4,12-13H2,1-3H3/t23-/m1/s1. The average molecular weight is 501 g/mol. The van der Waals surface area contributed by atoms with E-state index in [1.54, 1.807) is 38.3 Å². The highest BCUT2D eigenvalue weighted by atomic mass is 35.5. The molecule has 2 aliphatic heterocycles. The van der Waals surface area contributed by atoms with Gasteiger partial charge in [0.15, 0.2) is 16.7 Å². The van der Waals surface area contributed by atoms with E-state index in [-0.39, 0.29) is 18.6 Å². The highest BCUT2D eigenvalue weighted by Gasteiger charge is 2.37. The largest absolute Gasteiger partial charge is 0.493 e. The number of hydrogen-bond acceptors (Lipinski definition) is 8. The predicted molar refractivity (Wildman–Crippen MR) is 134 cm³/mol. The van der Waals surface area contributed by atoms with Crippen LogP contribution >= 0.6 is 23.4 Å². The van der Waals surface area contributed by atoms with E-state index in [0.717, 1.165) is 16.5 Å². The minimum Gasteiger partial charge on any atom is -0.493 e. The summed E-state index contributed by atoms with van der Waals surface area (Å²) >= 11 is 7.41. The van der Waals surface area contributed by atoms with Gasteiger partial charge in [0.1, 0.15) is 19.0 Å². The SMILES string of the molecule is CCOC(=O)C1=C(C)N=C2SC=CN2[C@@H]1c1ccc(OCCOc2ccc(Cl)cc2)c(OC)c1. The summed E-state index contributed by atoms with van der Waals surface area (Å²) in [6.07, 6.45) is 1.92. The van der Waals surface area contributed by atoms with Gasteiger partial charge in [0.25, 0.3) is 0 Å². The highest BCUT2D eigenvalue weighted by Crippen LogP contribution is 2.43. The molecule has 0 saturated carbocycles. The lowest BCUT2D eigenvalue weighted by atomic mass is 9.94. The number of nitrogens with zero attached hydrogens (tertiary/aromatic N) is 2. The van der Waals surface area contributed by atoms with E-state index in [1.165, 1.54) is 11.8 Å². The Kier molecular flexibility index (Phi) is 7.70. The first-order chi connectivity index (χ1) is 16.5. The maximum Gasteiger partial charge on any atom is 0.338 e. The lowest BCUT2D eigenvalue weighted by Gasteiger charge is -2.33. The molecular formula is C25H25ClN2O5S. The number of benzene rings is 2. The van der Waals surface area contributed by atoms with E-state index in [0.29, 0.717) is 41.0 Å². The van der Waals surface area contributed by atoms with Crippen LogP contribution in [0.4, 0.5) is 0 Å². The Morgan fingerprint density at radius 1 is 1.12 bits per heavy atom. The molecule has 0 aromatic heterocycles. The number of halogens is 1. The quantitative estimate of drug-likeness (QED) is 0.329. The van der Waals surface area contributed by atoms with E-state index in [9.17, 15) is 4.79 Å². The minimum atomic E-state index is -0.381. The summed E-state index contributed by atoms with van der Waals surface area (Å²) in [5.41, 5.74) is 2.01. The number of hydrogen-bond donors (Lipinski definition) is 0. The highest BCUT2D eigenvalue weighted by molar-refractivity contribution is 8.16. The fourth-order valence-corrected chi connectivity index (χ4v) is 4.63. The molecule has 2 aliphatic rings. The van der Waals surface area contributed by atoms with Crippen molar-refractivity contribution in [1.82, 2.24) is 4.90 Å². The molecule has 2 aromatic rings. The topological polar surface area (TPSA) is 69.6 Å². The Hall–Kier alpha value is -3.10. The third-order valence-corrected chi connectivity index (χ3v) is 6.27. The number of esters is 1. The van der Waals surface area contributed by atoms with Gasteiger partial charge in [-0.1, -0.05) is 29.4 Å². The monoisotopic (exact) mass is 500 g/mol. The molecule has 4 rings (SSSR count). The molecule has 2 heterocycles. The van der Waals surface area contributed by atoms with Crippen LogP contribution < -0.4 is 14.2 Å². The van der Waals surface area contributed by atoms with Gasteiger partial charge in [-0.15, -0.1) is 0 Å². The summed E-state index contributed by atoms with van der Waals surface area (Å²) in [5.74, 6) is 1.48. The molecule has 2 aromatic carbocycles. The first-order valence-electron chi connectivity index (χ1n) is 10.8. The van der Waals surface area contributed by atoms with Crippen LogP contribution in [0.25, 0.3) is 0 Å². The van der Waals surface area contributed by atoms with Gasteiger partial charge in [-0.05, 0) is 61.2 Å². The third-order valence-electron chi connectivity index (χ3n) is 5.24. The number of methoxy groups -OCH3 is 1. The third kappa shape index (κ3) is 5.18. The maximum atomic E-state index is 12.8. The second-order valence-corrected chi connectivity index (χ2v) is 8.70. The molecule has 7 nitrogen and oxygen atoms in total. The zero-order valence-corrected chi connectivity index (χ0v) is 20.7. The van der Waals surface area contributed by atoms with Crippen molar-refractivity contribution in [2.45, 2.75) is 19.9 Å². The number of carbonyl (C=O) groups excluding carboxylic acids is 1. The number of carbonyl (C=O) groups is 1. The maximum absolute atomic E-state index is 12.8. The van der Waals surface area contributed by atoms with E-state index in [1.807, 2.05) is 41.6 Å².